The van der Waals surface area contributed by atoms with E-state index >= 15 is 0 Å². The van der Waals surface area contributed by atoms with Gasteiger partial charge in [-0.2, -0.15) is 0 Å². The molecule has 0 aliphatic carbocycles. The minimum Gasteiger partial charge on any atom is -0.271 e. The normalized spacial score (nSPS) is 11.2. The Morgan fingerprint density at radius 1 is 1.07 bits per heavy atom. The fourth-order valence-corrected chi connectivity index (χ4v) is 2.24. The van der Waals surface area contributed by atoms with Gasteiger partial charge < -0.3 is 0 Å². The van der Waals surface area contributed by atoms with Crippen LogP contribution in [0.15, 0.2) is 42.7 Å². The number of fused-ring (bicyclic) bond motifs is 3. The van der Waals surface area contributed by atoms with Gasteiger partial charge in [0.2, 0.25) is 0 Å². The molecule has 1 aromatic heterocycles. The molecule has 68 valence electrons. The lowest BCUT2D eigenvalue weighted by Crippen LogP contribution is -1.77. The van der Waals surface area contributed by atoms with Crippen molar-refractivity contribution < 1.29 is 0 Å². The summed E-state index contributed by atoms with van der Waals surface area (Å²) in [5.74, 6) is 0. The zero-order chi connectivity index (χ0) is 9.54. The summed E-state index contributed by atoms with van der Waals surface area (Å²) in [6, 6.07) is 12.6. The molecule has 0 bridgehead atoms. The van der Waals surface area contributed by atoms with Crippen LogP contribution in [-0.2, 0) is 0 Å². The minimum absolute atomic E-state index is 1.08. The Bertz CT molecular complexity index is 613. The molecular weight excluding hydrogens is 287 g/mol. The monoisotopic (exact) mass is 294 g/mol. The van der Waals surface area contributed by atoms with Crippen LogP contribution in [-0.4, -0.2) is 7.76 Å². The third-order valence-electron chi connectivity index (χ3n) is 2.40. The van der Waals surface area contributed by atoms with Crippen LogP contribution in [0.2, 0.25) is 0 Å². The van der Waals surface area contributed by atoms with Gasteiger partial charge in [0.05, 0.1) is 33.9 Å². The van der Waals surface area contributed by atoms with Crippen LogP contribution in [0.25, 0.3) is 21.8 Å². The SMILES string of the molecule is In1cnc2c3ccccc3ccc21. The Kier molecular flexibility index (Phi) is 1.73. The molecule has 2 aromatic carbocycles. The highest BCUT2D eigenvalue weighted by atomic mass is 127. The van der Waals surface area contributed by atoms with Gasteiger partial charge in [0.25, 0.3) is 0 Å². The Morgan fingerprint density at radius 2 is 1.93 bits per heavy atom. The van der Waals surface area contributed by atoms with Crippen LogP contribution < -0.4 is 0 Å². The maximum absolute atomic E-state index is 4.40. The Hall–Kier alpha value is -1.10. The average molecular weight is 294 g/mol. The van der Waals surface area contributed by atoms with Crippen molar-refractivity contribution in [2.24, 2.45) is 0 Å². The molecule has 2 nitrogen and oxygen atoms in total. The average Bonchev–Trinajstić information content (AvgIpc) is 2.61. The molecule has 3 heteroatoms. The largest absolute Gasteiger partial charge is 0.271 e. The van der Waals surface area contributed by atoms with E-state index in [0.717, 1.165) is 5.52 Å². The first-order chi connectivity index (χ1) is 6.86. The van der Waals surface area contributed by atoms with E-state index in [1.807, 2.05) is 15.2 Å². The fraction of sp³-hybridized carbons (Fsp3) is 0. The molecule has 1 heterocycles. The number of benzene rings is 2. The van der Waals surface area contributed by atoms with Crippen molar-refractivity contribution in [3.8, 4) is 0 Å². The third kappa shape index (κ3) is 1.05. The molecule has 0 unspecified atom stereocenters. The lowest BCUT2D eigenvalue weighted by molar-refractivity contribution is 1.31. The zero-order valence-electron chi connectivity index (χ0n) is 7.31. The van der Waals surface area contributed by atoms with Gasteiger partial charge in [-0.15, -0.1) is 0 Å². The molecule has 0 spiro atoms. The molecule has 0 atom stereocenters. The summed E-state index contributed by atoms with van der Waals surface area (Å²) in [4.78, 5) is 4.40. The summed E-state index contributed by atoms with van der Waals surface area (Å²) in [6.45, 7) is 0. The van der Waals surface area contributed by atoms with Gasteiger partial charge in [-0.25, -0.2) is 4.98 Å². The summed E-state index contributed by atoms with van der Waals surface area (Å²) in [6.07, 6.45) is 1.84. The number of hydrogen-bond acceptors (Lipinski definition) is 1. The molecule has 14 heavy (non-hydrogen) atoms. The van der Waals surface area contributed by atoms with E-state index < -0.39 is 0 Å². The van der Waals surface area contributed by atoms with Crippen molar-refractivity contribution in [3.63, 3.8) is 0 Å². The summed E-state index contributed by atoms with van der Waals surface area (Å²) in [7, 11) is 0. The van der Waals surface area contributed by atoms with Crippen molar-refractivity contribution in [3.05, 3.63) is 42.7 Å². The summed E-state index contributed by atoms with van der Waals surface area (Å²) >= 11 is 2.24. The molecule has 0 aliphatic rings. The van der Waals surface area contributed by atoms with Gasteiger partial charge >= 0.3 is 0 Å². The Morgan fingerprint density at radius 3 is 2.86 bits per heavy atom. The molecule has 0 fully saturated rings. The van der Waals surface area contributed by atoms with Crippen LogP contribution in [0.3, 0.4) is 0 Å². The van der Waals surface area contributed by atoms with Crippen LogP contribution in [0.1, 0.15) is 0 Å². The lowest BCUT2D eigenvalue weighted by Gasteiger charge is -1.98. The van der Waals surface area contributed by atoms with Crippen molar-refractivity contribution >= 4 is 44.7 Å². The van der Waals surface area contributed by atoms with E-state index in [1.165, 1.54) is 16.3 Å². The predicted molar refractivity (Wildman–Crippen MR) is 66.7 cm³/mol. The van der Waals surface area contributed by atoms with E-state index in [4.69, 9.17) is 0 Å². The number of nitrogens with zero attached hydrogens (tertiary/aromatic N) is 2. The number of imidazole rings is 1. The number of rotatable bonds is 0. The van der Waals surface area contributed by atoms with Crippen molar-refractivity contribution in [1.29, 1.82) is 0 Å². The first-order valence-electron chi connectivity index (χ1n) is 4.37. The van der Waals surface area contributed by atoms with E-state index in [-0.39, 0.29) is 0 Å². The lowest BCUT2D eigenvalue weighted by atomic mass is 10.1. The topological polar surface area (TPSA) is 17.8 Å². The van der Waals surface area contributed by atoms with Gasteiger partial charge in [-0.3, -0.25) is 2.78 Å². The standard InChI is InChI=1S/C11H7IN2/c12-14-7-13-11-9-4-2-1-3-8(9)5-6-10(11)14/h1-7H. The van der Waals surface area contributed by atoms with Gasteiger partial charge in [0, 0.05) is 5.39 Å². The quantitative estimate of drug-likeness (QED) is 0.581. The van der Waals surface area contributed by atoms with Gasteiger partial charge in [0.1, 0.15) is 6.33 Å². The van der Waals surface area contributed by atoms with Crippen LogP contribution in [0.4, 0.5) is 0 Å². The molecule has 3 aromatic rings. The first kappa shape index (κ1) is 8.23. The molecule has 0 saturated heterocycles. The summed E-state index contributed by atoms with van der Waals surface area (Å²) < 4.78 is 2.01. The number of halogens is 1. The second-order valence-electron chi connectivity index (χ2n) is 3.21. The Labute approximate surface area is 95.1 Å². The molecule has 3 rings (SSSR count). The van der Waals surface area contributed by atoms with Crippen LogP contribution in [0, 0.1) is 0 Å². The summed E-state index contributed by atoms with van der Waals surface area (Å²) in [5.41, 5.74) is 2.25. The van der Waals surface area contributed by atoms with Crippen LogP contribution >= 0.6 is 22.9 Å². The molecular formula is C11H7IN2. The molecule has 0 radical (unpaired) electrons. The highest BCUT2D eigenvalue weighted by Gasteiger charge is 2.03. The van der Waals surface area contributed by atoms with Gasteiger partial charge in [-0.1, -0.05) is 30.3 Å². The first-order valence-corrected chi connectivity index (χ1v) is 5.34. The van der Waals surface area contributed by atoms with E-state index in [9.17, 15) is 0 Å². The number of hydrogen-bond donors (Lipinski definition) is 0. The highest BCUT2D eigenvalue weighted by molar-refractivity contribution is 14.1. The molecule has 0 amide bonds. The molecule has 0 N–H and O–H groups in total. The minimum atomic E-state index is 1.08. The van der Waals surface area contributed by atoms with Crippen molar-refractivity contribution in [2.45, 2.75) is 0 Å². The fourth-order valence-electron chi connectivity index (χ4n) is 1.72. The van der Waals surface area contributed by atoms with E-state index in [0.29, 0.717) is 0 Å². The van der Waals surface area contributed by atoms with Crippen molar-refractivity contribution in [1.82, 2.24) is 7.76 Å². The van der Waals surface area contributed by atoms with Gasteiger partial charge in [-0.05, 0) is 11.5 Å². The summed E-state index contributed by atoms with van der Waals surface area (Å²) in [5, 5.41) is 2.47. The highest BCUT2D eigenvalue weighted by Crippen LogP contribution is 2.24. The van der Waals surface area contributed by atoms with E-state index in [2.05, 4.69) is 58.2 Å². The number of aromatic nitrogens is 2. The van der Waals surface area contributed by atoms with Crippen LogP contribution in [0.5, 0.6) is 0 Å². The smallest absolute Gasteiger partial charge is 0.105 e. The molecule has 0 saturated carbocycles. The Balaban J connectivity index is 2.61. The second-order valence-corrected chi connectivity index (χ2v) is 4.25. The second kappa shape index (κ2) is 2.95. The molecule has 0 aliphatic heterocycles. The third-order valence-corrected chi connectivity index (χ3v) is 3.17. The zero-order valence-corrected chi connectivity index (χ0v) is 9.47. The maximum Gasteiger partial charge on any atom is 0.105 e. The van der Waals surface area contributed by atoms with Gasteiger partial charge in [0.15, 0.2) is 0 Å². The predicted octanol–water partition coefficient (Wildman–Crippen LogP) is 3.39. The maximum atomic E-state index is 4.40. The van der Waals surface area contributed by atoms with E-state index in [1.54, 1.807) is 0 Å². The van der Waals surface area contributed by atoms with Crippen molar-refractivity contribution in [2.75, 3.05) is 0 Å².